The first-order valence-electron chi connectivity index (χ1n) is 6.72. The van der Waals surface area contributed by atoms with Crippen LogP contribution in [0.4, 0.5) is 0 Å². The molecule has 0 aliphatic carbocycles. The zero-order valence-electron chi connectivity index (χ0n) is 12.5. The molecular weight excluding hydrogens is 296 g/mol. The molecule has 0 spiro atoms. The highest BCUT2D eigenvalue weighted by atomic mass is 32.2. The van der Waals surface area contributed by atoms with Crippen molar-refractivity contribution in [3.63, 3.8) is 0 Å². The molecule has 1 unspecified atom stereocenters. The van der Waals surface area contributed by atoms with Gasteiger partial charge in [0.15, 0.2) is 5.76 Å². The normalized spacial score (nSPS) is 13.1. The Hall–Kier alpha value is -1.45. The van der Waals surface area contributed by atoms with Gasteiger partial charge in [-0.05, 0) is 40.2 Å². The molecule has 1 atom stereocenters. The van der Waals surface area contributed by atoms with Crippen molar-refractivity contribution < 1.29 is 17.7 Å². The molecule has 0 bridgehead atoms. The largest absolute Gasteiger partial charge is 0.360 e. The number of nitrogens with one attached hydrogen (secondary N) is 2. The van der Waals surface area contributed by atoms with Crippen LogP contribution in [-0.2, 0) is 14.8 Å². The van der Waals surface area contributed by atoms with E-state index in [-0.39, 0.29) is 22.3 Å². The topological polar surface area (TPSA) is 127 Å². The van der Waals surface area contributed by atoms with Gasteiger partial charge in [-0.2, -0.15) is 4.72 Å². The summed E-state index contributed by atoms with van der Waals surface area (Å²) in [5, 5.41) is 6.25. The molecule has 0 aromatic carbocycles. The number of amides is 1. The third-order valence-corrected chi connectivity index (χ3v) is 4.68. The quantitative estimate of drug-likeness (QED) is 0.570. The average molecular weight is 318 g/mol. The number of aryl methyl sites for hydroxylation is 2. The van der Waals surface area contributed by atoms with Gasteiger partial charge >= 0.3 is 0 Å². The van der Waals surface area contributed by atoms with Crippen LogP contribution in [0.1, 0.15) is 31.2 Å². The van der Waals surface area contributed by atoms with E-state index in [9.17, 15) is 13.2 Å². The smallest absolute Gasteiger partial charge is 0.246 e. The fraction of sp³-hybridized carbons (Fsp3) is 0.667. The number of hydrogen-bond donors (Lipinski definition) is 3. The van der Waals surface area contributed by atoms with Gasteiger partial charge in [0, 0.05) is 6.54 Å². The van der Waals surface area contributed by atoms with E-state index in [4.69, 9.17) is 10.3 Å². The van der Waals surface area contributed by atoms with E-state index in [1.807, 2.05) is 0 Å². The van der Waals surface area contributed by atoms with Gasteiger partial charge in [-0.1, -0.05) is 5.16 Å². The zero-order valence-corrected chi connectivity index (χ0v) is 13.3. The number of nitrogens with two attached hydrogens (primary N) is 1. The molecule has 0 aliphatic heterocycles. The minimum absolute atomic E-state index is 0.0229. The molecule has 1 aromatic rings. The molecule has 1 amide bonds. The molecule has 1 rings (SSSR count). The summed E-state index contributed by atoms with van der Waals surface area (Å²) in [6.45, 7) is 5.54. The number of carbonyl (C=O) groups excluding carboxylic acids is 1. The Labute approximate surface area is 124 Å². The zero-order chi connectivity index (χ0) is 16.0. The fourth-order valence-electron chi connectivity index (χ4n) is 1.84. The van der Waals surface area contributed by atoms with Gasteiger partial charge in [-0.15, -0.1) is 0 Å². The molecule has 9 heteroatoms. The lowest BCUT2D eigenvalue weighted by Gasteiger charge is -2.14. The van der Waals surface area contributed by atoms with Gasteiger partial charge in [0.05, 0.1) is 6.04 Å². The molecule has 0 saturated carbocycles. The molecule has 21 heavy (non-hydrogen) atoms. The van der Waals surface area contributed by atoms with Crippen molar-refractivity contribution >= 4 is 15.9 Å². The van der Waals surface area contributed by atoms with Gasteiger partial charge in [-0.3, -0.25) is 4.79 Å². The minimum atomic E-state index is -3.84. The van der Waals surface area contributed by atoms with E-state index in [2.05, 4.69) is 15.2 Å². The molecule has 0 aliphatic rings. The maximum Gasteiger partial charge on any atom is 0.246 e. The molecule has 0 fully saturated rings. The van der Waals surface area contributed by atoms with E-state index in [1.54, 1.807) is 0 Å². The van der Waals surface area contributed by atoms with Crippen molar-refractivity contribution in [1.29, 1.82) is 0 Å². The minimum Gasteiger partial charge on any atom is -0.360 e. The number of rotatable bonds is 8. The van der Waals surface area contributed by atoms with Crippen molar-refractivity contribution in [2.45, 2.75) is 44.6 Å². The van der Waals surface area contributed by atoms with Crippen LogP contribution in [0.5, 0.6) is 0 Å². The van der Waals surface area contributed by atoms with Gasteiger partial charge in [0.2, 0.25) is 15.9 Å². The van der Waals surface area contributed by atoms with Crippen LogP contribution in [0.2, 0.25) is 0 Å². The van der Waals surface area contributed by atoms with Crippen molar-refractivity contribution in [1.82, 2.24) is 15.2 Å². The summed E-state index contributed by atoms with van der Waals surface area (Å²) in [7, 11) is -3.84. The Morgan fingerprint density at radius 1 is 1.38 bits per heavy atom. The Morgan fingerprint density at radius 3 is 2.57 bits per heavy atom. The van der Waals surface area contributed by atoms with E-state index >= 15 is 0 Å². The molecule has 4 N–H and O–H groups in total. The van der Waals surface area contributed by atoms with Crippen LogP contribution >= 0.6 is 0 Å². The Kier molecular flexibility index (Phi) is 6.31. The SMILES string of the molecule is Cc1noc(C)c1S(=O)(=O)NC(C)C(=O)NCCCCN. The average Bonchev–Trinajstić information content (AvgIpc) is 2.74. The lowest BCUT2D eigenvalue weighted by Crippen LogP contribution is -2.45. The maximum absolute atomic E-state index is 12.2. The highest BCUT2D eigenvalue weighted by molar-refractivity contribution is 7.89. The number of carbonyl (C=O) groups is 1. The highest BCUT2D eigenvalue weighted by Crippen LogP contribution is 2.18. The molecule has 8 nitrogen and oxygen atoms in total. The number of sulfonamides is 1. The summed E-state index contributed by atoms with van der Waals surface area (Å²) >= 11 is 0. The molecule has 0 radical (unpaired) electrons. The third-order valence-electron chi connectivity index (χ3n) is 2.89. The number of nitrogens with zero attached hydrogens (tertiary/aromatic N) is 1. The number of unbranched alkanes of at least 4 members (excludes halogenated alkanes) is 1. The Balaban J connectivity index is 2.65. The molecular formula is C12H22N4O4S. The molecule has 0 saturated heterocycles. The highest BCUT2D eigenvalue weighted by Gasteiger charge is 2.27. The number of aromatic nitrogens is 1. The van der Waals surface area contributed by atoms with Crippen LogP contribution in [0.3, 0.4) is 0 Å². The van der Waals surface area contributed by atoms with Gasteiger partial charge in [0.25, 0.3) is 0 Å². The lowest BCUT2D eigenvalue weighted by atomic mass is 10.3. The summed E-state index contributed by atoms with van der Waals surface area (Å²) < 4.78 is 31.6. The Morgan fingerprint density at radius 2 is 2.05 bits per heavy atom. The van der Waals surface area contributed by atoms with Gasteiger partial charge in [-0.25, -0.2) is 8.42 Å². The van der Waals surface area contributed by atoms with Crippen LogP contribution in [0.25, 0.3) is 0 Å². The fourth-order valence-corrected chi connectivity index (χ4v) is 3.37. The van der Waals surface area contributed by atoms with Gasteiger partial charge in [0.1, 0.15) is 10.6 Å². The van der Waals surface area contributed by atoms with Crippen molar-refractivity contribution in [3.05, 3.63) is 11.5 Å². The van der Waals surface area contributed by atoms with Crippen LogP contribution < -0.4 is 15.8 Å². The van der Waals surface area contributed by atoms with E-state index in [0.29, 0.717) is 13.1 Å². The van der Waals surface area contributed by atoms with Crippen LogP contribution in [0, 0.1) is 13.8 Å². The summed E-state index contributed by atoms with van der Waals surface area (Å²) in [6, 6.07) is -0.887. The monoisotopic (exact) mass is 318 g/mol. The van der Waals surface area contributed by atoms with Crippen molar-refractivity contribution in [3.8, 4) is 0 Å². The number of hydrogen-bond acceptors (Lipinski definition) is 6. The molecule has 120 valence electrons. The van der Waals surface area contributed by atoms with Gasteiger partial charge < -0.3 is 15.6 Å². The Bertz CT molecular complexity index is 563. The summed E-state index contributed by atoms with van der Waals surface area (Å²) in [4.78, 5) is 11.8. The predicted octanol–water partition coefficient (Wildman–Crippen LogP) is -0.187. The van der Waals surface area contributed by atoms with Crippen molar-refractivity contribution in [2.75, 3.05) is 13.1 Å². The molecule has 1 heterocycles. The summed E-state index contributed by atoms with van der Waals surface area (Å²) in [6.07, 6.45) is 1.56. The third kappa shape index (κ3) is 4.80. The second-order valence-electron chi connectivity index (χ2n) is 4.78. The predicted molar refractivity (Wildman–Crippen MR) is 77.1 cm³/mol. The van der Waals surface area contributed by atoms with E-state index in [0.717, 1.165) is 12.8 Å². The summed E-state index contributed by atoms with van der Waals surface area (Å²) in [5.41, 5.74) is 5.61. The summed E-state index contributed by atoms with van der Waals surface area (Å²) in [5.74, 6) is -0.196. The first-order valence-corrected chi connectivity index (χ1v) is 8.21. The van der Waals surface area contributed by atoms with Crippen molar-refractivity contribution in [2.24, 2.45) is 5.73 Å². The van der Waals surface area contributed by atoms with E-state index in [1.165, 1.54) is 20.8 Å². The molecule has 1 aromatic heterocycles. The van der Waals surface area contributed by atoms with E-state index < -0.39 is 16.1 Å². The van der Waals surface area contributed by atoms with Crippen LogP contribution in [0.15, 0.2) is 9.42 Å². The van der Waals surface area contributed by atoms with Crippen LogP contribution in [-0.4, -0.2) is 38.6 Å². The standard InChI is InChI=1S/C12H22N4O4S/c1-8-11(10(3)20-15-8)21(18,19)16-9(2)12(17)14-7-5-4-6-13/h9,16H,4-7,13H2,1-3H3,(H,14,17). The first kappa shape index (κ1) is 17.6. The first-order chi connectivity index (χ1) is 9.79. The second kappa shape index (κ2) is 7.53. The maximum atomic E-state index is 12.2. The lowest BCUT2D eigenvalue weighted by molar-refractivity contribution is -0.122. The second-order valence-corrected chi connectivity index (χ2v) is 6.43.